The molecule has 0 heterocycles. The van der Waals surface area contributed by atoms with Crippen molar-refractivity contribution in [2.75, 3.05) is 14.2 Å². The number of hydrogen-bond acceptors (Lipinski definition) is 4. The van der Waals surface area contributed by atoms with Gasteiger partial charge in [0.2, 0.25) is 0 Å². The lowest BCUT2D eigenvalue weighted by Crippen LogP contribution is -2.24. The van der Waals surface area contributed by atoms with Crippen LogP contribution in [-0.2, 0) is 14.3 Å². The molecular formula is C23H40O4. The second-order valence-electron chi connectivity index (χ2n) is 8.22. The summed E-state index contributed by atoms with van der Waals surface area (Å²) in [6, 6.07) is 0. The van der Waals surface area contributed by atoms with Crippen LogP contribution in [0.3, 0.4) is 0 Å². The Labute approximate surface area is 166 Å². The zero-order chi connectivity index (χ0) is 20.4. The molecule has 4 nitrogen and oxygen atoms in total. The first-order valence-corrected chi connectivity index (χ1v) is 10.4. The van der Waals surface area contributed by atoms with Crippen molar-refractivity contribution < 1.29 is 19.4 Å². The van der Waals surface area contributed by atoms with Crippen LogP contribution in [0.2, 0.25) is 0 Å². The monoisotopic (exact) mass is 380 g/mol. The third kappa shape index (κ3) is 8.28. The Balaban J connectivity index is 2.44. The molecule has 0 unspecified atom stereocenters. The third-order valence-corrected chi connectivity index (χ3v) is 6.15. The molecule has 1 aliphatic carbocycles. The lowest BCUT2D eigenvalue weighted by atomic mass is 9.83. The zero-order valence-electron chi connectivity index (χ0n) is 17.9. The molecule has 6 atom stereocenters. The highest BCUT2D eigenvalue weighted by atomic mass is 16.5. The second-order valence-corrected chi connectivity index (χ2v) is 8.22. The number of ether oxygens (including phenoxy) is 2. The highest BCUT2D eigenvalue weighted by molar-refractivity contribution is 5.82. The minimum Gasteiger partial charge on any atom is -0.393 e. The zero-order valence-corrected chi connectivity index (χ0v) is 17.9. The number of aliphatic hydroxyl groups is 1. The van der Waals surface area contributed by atoms with Gasteiger partial charge in [0.15, 0.2) is 0 Å². The number of rotatable bonds is 12. The molecule has 0 amide bonds. The third-order valence-electron chi connectivity index (χ3n) is 6.15. The van der Waals surface area contributed by atoms with Gasteiger partial charge in [-0.15, -0.1) is 6.58 Å². The van der Waals surface area contributed by atoms with Crippen LogP contribution in [0.25, 0.3) is 0 Å². The van der Waals surface area contributed by atoms with Crippen LogP contribution in [0.5, 0.6) is 0 Å². The van der Waals surface area contributed by atoms with Crippen LogP contribution < -0.4 is 0 Å². The number of aliphatic hydroxyl groups excluding tert-OH is 1. The van der Waals surface area contributed by atoms with Crippen LogP contribution in [-0.4, -0.2) is 43.4 Å². The largest absolute Gasteiger partial charge is 0.393 e. The molecule has 0 aromatic carbocycles. The van der Waals surface area contributed by atoms with Gasteiger partial charge in [-0.1, -0.05) is 44.4 Å². The summed E-state index contributed by atoms with van der Waals surface area (Å²) in [6.07, 6.45) is 10.1. The molecule has 0 saturated heterocycles. The van der Waals surface area contributed by atoms with Gasteiger partial charge in [-0.25, -0.2) is 0 Å². The van der Waals surface area contributed by atoms with Crippen LogP contribution in [0.15, 0.2) is 24.3 Å². The molecular weight excluding hydrogens is 340 g/mol. The second kappa shape index (κ2) is 12.5. The van der Waals surface area contributed by atoms with E-state index in [-0.39, 0.29) is 30.1 Å². The lowest BCUT2D eigenvalue weighted by molar-refractivity contribution is -0.123. The van der Waals surface area contributed by atoms with E-state index in [1.807, 2.05) is 19.9 Å². The van der Waals surface area contributed by atoms with Crippen molar-refractivity contribution >= 4 is 5.78 Å². The summed E-state index contributed by atoms with van der Waals surface area (Å²) >= 11 is 0. The van der Waals surface area contributed by atoms with E-state index < -0.39 is 6.10 Å². The van der Waals surface area contributed by atoms with Gasteiger partial charge in [0, 0.05) is 32.5 Å². The molecule has 0 radical (unpaired) electrons. The number of carbonyl (C=O) groups excluding carboxylic acids is 1. The molecule has 156 valence electrons. The molecule has 0 spiro atoms. The van der Waals surface area contributed by atoms with Gasteiger partial charge in [0.1, 0.15) is 5.78 Å². The fourth-order valence-corrected chi connectivity index (χ4v) is 4.07. The maximum Gasteiger partial charge on any atom is 0.142 e. The molecule has 1 aliphatic rings. The summed E-state index contributed by atoms with van der Waals surface area (Å²) < 4.78 is 10.9. The first-order chi connectivity index (χ1) is 12.8. The molecule has 0 bridgehead atoms. The summed E-state index contributed by atoms with van der Waals surface area (Å²) in [5.41, 5.74) is 1.12. The van der Waals surface area contributed by atoms with Gasteiger partial charge in [-0.3, -0.25) is 4.79 Å². The van der Waals surface area contributed by atoms with Crippen LogP contribution in [0.1, 0.15) is 65.7 Å². The molecule has 1 saturated carbocycles. The van der Waals surface area contributed by atoms with E-state index >= 15 is 0 Å². The number of hydrogen-bond donors (Lipinski definition) is 1. The Bertz CT molecular complexity index is 485. The number of ketones is 1. The van der Waals surface area contributed by atoms with Gasteiger partial charge in [0.25, 0.3) is 0 Å². The smallest absolute Gasteiger partial charge is 0.142 e. The van der Waals surface area contributed by atoms with Gasteiger partial charge in [-0.05, 0) is 38.5 Å². The molecule has 0 aliphatic heterocycles. The van der Waals surface area contributed by atoms with E-state index in [1.54, 1.807) is 20.3 Å². The number of methoxy groups -OCH3 is 2. The molecule has 27 heavy (non-hydrogen) atoms. The lowest BCUT2D eigenvalue weighted by Gasteiger charge is -2.28. The van der Waals surface area contributed by atoms with Crippen molar-refractivity contribution in [3.8, 4) is 0 Å². The Morgan fingerprint density at radius 1 is 1.30 bits per heavy atom. The molecule has 1 rings (SSSR count). The van der Waals surface area contributed by atoms with Crippen LogP contribution >= 0.6 is 0 Å². The van der Waals surface area contributed by atoms with Crippen LogP contribution in [0, 0.1) is 17.8 Å². The first kappa shape index (κ1) is 24.1. The number of Topliss-reactive ketones (excluding diaryl/α,β-unsaturated/α-hetero) is 1. The van der Waals surface area contributed by atoms with E-state index in [0.29, 0.717) is 18.4 Å². The fourth-order valence-electron chi connectivity index (χ4n) is 4.07. The normalized spacial score (nSPS) is 25.5. The van der Waals surface area contributed by atoms with Gasteiger partial charge in [0.05, 0.1) is 18.3 Å². The highest BCUT2D eigenvalue weighted by Gasteiger charge is 2.24. The van der Waals surface area contributed by atoms with Crippen molar-refractivity contribution in [1.82, 2.24) is 0 Å². The van der Waals surface area contributed by atoms with Crippen molar-refractivity contribution in [3.63, 3.8) is 0 Å². The Kier molecular flexibility index (Phi) is 11.1. The van der Waals surface area contributed by atoms with E-state index in [9.17, 15) is 9.90 Å². The van der Waals surface area contributed by atoms with Gasteiger partial charge in [-0.2, -0.15) is 0 Å². The summed E-state index contributed by atoms with van der Waals surface area (Å²) in [4.78, 5) is 12.5. The fraction of sp³-hybridized carbons (Fsp3) is 0.783. The molecule has 4 heteroatoms. The van der Waals surface area contributed by atoms with E-state index in [4.69, 9.17) is 9.47 Å². The van der Waals surface area contributed by atoms with E-state index in [0.717, 1.165) is 24.8 Å². The summed E-state index contributed by atoms with van der Waals surface area (Å²) in [5.74, 6) is 0.684. The minimum atomic E-state index is -0.547. The van der Waals surface area contributed by atoms with Gasteiger partial charge >= 0.3 is 0 Å². The average Bonchev–Trinajstić information content (AvgIpc) is 2.67. The standard InChI is InChI=1S/C23H40O4/c1-7-23(27-6)18(4)16(2)13-17(3)22(25)15-20(24)12-11-19-9-8-10-21(14-19)26-5/h7,13,17-21,23-24H,1,8-12,14-15H2,2-6H3/b16-13+/t17-,18-,19+,20-,21+,23+/m1/s1. The van der Waals surface area contributed by atoms with Crippen molar-refractivity contribution in [3.05, 3.63) is 24.3 Å². The molecule has 1 N–H and O–H groups in total. The predicted octanol–water partition coefficient (Wildman–Crippen LogP) is 4.71. The average molecular weight is 381 g/mol. The maximum absolute atomic E-state index is 12.5. The van der Waals surface area contributed by atoms with Crippen molar-refractivity contribution in [2.24, 2.45) is 17.8 Å². The number of carbonyl (C=O) groups is 1. The topological polar surface area (TPSA) is 55.8 Å². The van der Waals surface area contributed by atoms with Gasteiger partial charge < -0.3 is 14.6 Å². The van der Waals surface area contributed by atoms with E-state index in [1.165, 1.54) is 12.8 Å². The Morgan fingerprint density at radius 2 is 2.00 bits per heavy atom. The first-order valence-electron chi connectivity index (χ1n) is 10.4. The summed E-state index contributed by atoms with van der Waals surface area (Å²) in [6.45, 7) is 9.80. The highest BCUT2D eigenvalue weighted by Crippen LogP contribution is 2.30. The minimum absolute atomic E-state index is 0.0550. The Morgan fingerprint density at radius 3 is 2.59 bits per heavy atom. The summed E-state index contributed by atoms with van der Waals surface area (Å²) in [5, 5.41) is 10.3. The van der Waals surface area contributed by atoms with Crippen LogP contribution in [0.4, 0.5) is 0 Å². The Hall–Kier alpha value is -0.970. The predicted molar refractivity (Wildman–Crippen MR) is 111 cm³/mol. The quantitative estimate of drug-likeness (QED) is 0.498. The van der Waals surface area contributed by atoms with Crippen molar-refractivity contribution in [2.45, 2.75) is 84.0 Å². The number of allylic oxidation sites excluding steroid dienone is 1. The molecule has 0 aromatic heterocycles. The summed E-state index contributed by atoms with van der Waals surface area (Å²) in [7, 11) is 3.45. The van der Waals surface area contributed by atoms with Crippen molar-refractivity contribution in [1.29, 1.82) is 0 Å². The molecule has 0 aromatic rings. The SMILES string of the molecule is C=C[C@H](OC)[C@H](C)/C(C)=C/[C@@H](C)C(=O)C[C@H](O)CC[C@@H]1CCC[C@H](OC)C1. The maximum atomic E-state index is 12.5. The van der Waals surface area contributed by atoms with E-state index in [2.05, 4.69) is 13.5 Å². The molecule has 1 fully saturated rings.